The van der Waals surface area contributed by atoms with Gasteiger partial charge < -0.3 is 5.73 Å². The Balaban J connectivity index is 3.37. The van der Waals surface area contributed by atoms with Gasteiger partial charge in [-0.05, 0) is 12.8 Å². The number of carbonyl (C=O) groups is 1. The minimum Gasteiger partial charge on any atom is -0.370 e. The first-order valence-electron chi connectivity index (χ1n) is 3.38. The molecule has 0 aromatic heterocycles. The van der Waals surface area contributed by atoms with Crippen molar-refractivity contribution in [2.75, 3.05) is 12.0 Å². The van der Waals surface area contributed by atoms with Crippen LogP contribution in [0.5, 0.6) is 0 Å². The van der Waals surface area contributed by atoms with Crippen LogP contribution in [0.3, 0.4) is 0 Å². The highest BCUT2D eigenvalue weighted by Crippen LogP contribution is 1.97. The molecule has 11 heavy (non-hydrogen) atoms. The van der Waals surface area contributed by atoms with Gasteiger partial charge in [-0.1, -0.05) is 0 Å². The maximum absolute atomic E-state index is 10.6. The number of unbranched alkanes of at least 4 members (excludes halogenated alkanes) is 1. The van der Waals surface area contributed by atoms with Gasteiger partial charge in [0.25, 0.3) is 0 Å². The highest BCUT2D eigenvalue weighted by atomic mass is 32.2. The summed E-state index contributed by atoms with van der Waals surface area (Å²) < 4.78 is 21.1. The van der Waals surface area contributed by atoms with Crippen molar-refractivity contribution in [1.82, 2.24) is 0 Å². The van der Waals surface area contributed by atoms with Crippen molar-refractivity contribution in [3.05, 3.63) is 0 Å². The Morgan fingerprint density at radius 2 is 1.91 bits per heavy atom. The third-order valence-electron chi connectivity index (χ3n) is 1.19. The van der Waals surface area contributed by atoms with Gasteiger partial charge in [-0.25, -0.2) is 8.42 Å². The molecule has 0 rings (SSSR count). The van der Waals surface area contributed by atoms with Crippen molar-refractivity contribution in [2.45, 2.75) is 19.3 Å². The van der Waals surface area contributed by atoms with Gasteiger partial charge in [0.2, 0.25) is 5.91 Å². The molecule has 0 heterocycles. The molecular weight excluding hydrogens is 166 g/mol. The van der Waals surface area contributed by atoms with E-state index in [4.69, 9.17) is 5.73 Å². The second-order valence-electron chi connectivity index (χ2n) is 2.55. The molecule has 0 aromatic carbocycles. The van der Waals surface area contributed by atoms with Crippen molar-refractivity contribution in [3.8, 4) is 0 Å². The number of nitrogens with two attached hydrogens (primary N) is 1. The van der Waals surface area contributed by atoms with Gasteiger partial charge in [0, 0.05) is 18.4 Å². The summed E-state index contributed by atoms with van der Waals surface area (Å²) in [6.45, 7) is 0. The van der Waals surface area contributed by atoms with Crippen LogP contribution < -0.4 is 5.73 Å². The van der Waals surface area contributed by atoms with E-state index in [0.717, 1.165) is 0 Å². The number of hydrogen-bond acceptors (Lipinski definition) is 3. The van der Waals surface area contributed by atoms with Gasteiger partial charge in [0.15, 0.2) is 0 Å². The monoisotopic (exact) mass is 179 g/mol. The average molecular weight is 179 g/mol. The fourth-order valence-corrected chi connectivity index (χ4v) is 1.39. The van der Waals surface area contributed by atoms with Crippen molar-refractivity contribution in [1.29, 1.82) is 0 Å². The minimum atomic E-state index is -2.87. The third-order valence-corrected chi connectivity index (χ3v) is 2.22. The summed E-state index contributed by atoms with van der Waals surface area (Å²) in [5, 5.41) is 0. The summed E-state index contributed by atoms with van der Waals surface area (Å²) >= 11 is 0. The lowest BCUT2D eigenvalue weighted by Gasteiger charge is -1.95. The molecule has 0 atom stereocenters. The molecule has 0 saturated carbocycles. The van der Waals surface area contributed by atoms with Crippen molar-refractivity contribution < 1.29 is 13.2 Å². The van der Waals surface area contributed by atoms with E-state index in [2.05, 4.69) is 0 Å². The predicted molar refractivity (Wildman–Crippen MR) is 42.8 cm³/mol. The first-order valence-corrected chi connectivity index (χ1v) is 5.44. The first kappa shape index (κ1) is 10.4. The Morgan fingerprint density at radius 3 is 2.27 bits per heavy atom. The van der Waals surface area contributed by atoms with Crippen molar-refractivity contribution in [2.24, 2.45) is 5.73 Å². The Hall–Kier alpha value is -0.580. The Bertz CT molecular complexity index is 220. The summed E-state index contributed by atoms with van der Waals surface area (Å²) in [4.78, 5) is 10.2. The third kappa shape index (κ3) is 9.42. The molecule has 66 valence electrons. The fraction of sp³-hybridized carbons (Fsp3) is 0.833. The molecule has 0 aliphatic rings. The van der Waals surface area contributed by atoms with E-state index in [1.165, 1.54) is 6.26 Å². The lowest BCUT2D eigenvalue weighted by atomic mass is 10.2. The van der Waals surface area contributed by atoms with Crippen molar-refractivity contribution >= 4 is 15.7 Å². The lowest BCUT2D eigenvalue weighted by Crippen LogP contribution is -2.11. The van der Waals surface area contributed by atoms with Gasteiger partial charge >= 0.3 is 0 Å². The van der Waals surface area contributed by atoms with E-state index in [1.54, 1.807) is 0 Å². The van der Waals surface area contributed by atoms with E-state index in [1.807, 2.05) is 0 Å². The van der Waals surface area contributed by atoms with Gasteiger partial charge in [-0.3, -0.25) is 4.79 Å². The molecule has 0 aromatic rings. The molecule has 0 radical (unpaired) electrons. The quantitative estimate of drug-likeness (QED) is 0.588. The number of hydrogen-bond donors (Lipinski definition) is 1. The van der Waals surface area contributed by atoms with E-state index in [9.17, 15) is 13.2 Å². The van der Waals surface area contributed by atoms with Crippen LogP contribution in [-0.4, -0.2) is 26.3 Å². The molecule has 0 unspecified atom stereocenters. The Morgan fingerprint density at radius 1 is 1.36 bits per heavy atom. The zero-order chi connectivity index (χ0) is 8.91. The van der Waals surface area contributed by atoms with Crippen LogP contribution >= 0.6 is 0 Å². The molecule has 0 bridgehead atoms. The SMILES string of the molecule is CS(=O)(=O)CCCCC(N)=O. The number of rotatable bonds is 5. The van der Waals surface area contributed by atoms with Crippen molar-refractivity contribution in [3.63, 3.8) is 0 Å². The van der Waals surface area contributed by atoms with Crippen LogP contribution in [0.1, 0.15) is 19.3 Å². The first-order chi connectivity index (χ1) is 4.92. The molecule has 1 amide bonds. The lowest BCUT2D eigenvalue weighted by molar-refractivity contribution is -0.118. The van der Waals surface area contributed by atoms with Crippen LogP contribution in [0, 0.1) is 0 Å². The predicted octanol–water partition coefficient (Wildman–Crippen LogP) is -0.313. The van der Waals surface area contributed by atoms with Crippen LogP contribution in [0.2, 0.25) is 0 Å². The second-order valence-corrected chi connectivity index (χ2v) is 4.81. The molecule has 5 heteroatoms. The summed E-state index contributed by atoms with van der Waals surface area (Å²) in [7, 11) is -2.87. The zero-order valence-corrected chi connectivity index (χ0v) is 7.36. The molecule has 0 spiro atoms. The van der Waals surface area contributed by atoms with Crippen LogP contribution in [0.4, 0.5) is 0 Å². The smallest absolute Gasteiger partial charge is 0.217 e. The highest BCUT2D eigenvalue weighted by Gasteiger charge is 2.01. The average Bonchev–Trinajstić information content (AvgIpc) is 1.78. The summed E-state index contributed by atoms with van der Waals surface area (Å²) in [5.74, 6) is -0.237. The molecule has 0 aliphatic heterocycles. The van der Waals surface area contributed by atoms with Gasteiger partial charge in [0.1, 0.15) is 9.84 Å². The molecule has 0 aliphatic carbocycles. The number of primary amides is 1. The van der Waals surface area contributed by atoms with E-state index >= 15 is 0 Å². The van der Waals surface area contributed by atoms with Crippen LogP contribution in [-0.2, 0) is 14.6 Å². The minimum absolute atomic E-state index is 0.139. The van der Waals surface area contributed by atoms with Crippen LogP contribution in [0.25, 0.3) is 0 Å². The van der Waals surface area contributed by atoms with Gasteiger partial charge in [0.05, 0.1) is 0 Å². The van der Waals surface area contributed by atoms with Gasteiger partial charge in [-0.15, -0.1) is 0 Å². The van der Waals surface area contributed by atoms with E-state index < -0.39 is 9.84 Å². The topological polar surface area (TPSA) is 77.2 Å². The van der Waals surface area contributed by atoms with Crippen LogP contribution in [0.15, 0.2) is 0 Å². The maximum atomic E-state index is 10.6. The molecular formula is C6H13NO3S. The standard InChI is InChI=1S/C6H13NO3S/c1-11(9,10)5-3-2-4-6(7)8/h2-5H2,1H3,(H2,7,8). The van der Waals surface area contributed by atoms with E-state index in [-0.39, 0.29) is 18.1 Å². The fourth-order valence-electron chi connectivity index (χ4n) is 0.663. The Kier molecular flexibility index (Phi) is 4.10. The molecule has 2 N–H and O–H groups in total. The largest absolute Gasteiger partial charge is 0.370 e. The van der Waals surface area contributed by atoms with Gasteiger partial charge in [-0.2, -0.15) is 0 Å². The summed E-state index contributed by atoms with van der Waals surface area (Å²) in [6, 6.07) is 0. The molecule has 0 fully saturated rings. The maximum Gasteiger partial charge on any atom is 0.217 e. The second kappa shape index (κ2) is 4.33. The summed E-state index contributed by atoms with van der Waals surface area (Å²) in [5.41, 5.74) is 4.85. The number of sulfone groups is 1. The molecule has 4 nitrogen and oxygen atoms in total. The zero-order valence-electron chi connectivity index (χ0n) is 6.54. The normalized spacial score (nSPS) is 11.4. The van der Waals surface area contributed by atoms with E-state index in [0.29, 0.717) is 12.8 Å². The number of carbonyl (C=O) groups excluding carboxylic acids is 1. The molecule has 0 saturated heterocycles. The number of amides is 1. The summed E-state index contributed by atoms with van der Waals surface area (Å²) in [6.07, 6.45) is 2.52. The Labute approximate surface area is 66.7 Å². The highest BCUT2D eigenvalue weighted by molar-refractivity contribution is 7.90.